The van der Waals surface area contributed by atoms with E-state index in [0.717, 1.165) is 36.0 Å². The number of aromatic nitrogens is 4. The number of aryl methyl sites for hydroxylation is 2. The molecule has 1 saturated heterocycles. The van der Waals surface area contributed by atoms with Crippen molar-refractivity contribution in [2.24, 2.45) is 18.9 Å². The van der Waals surface area contributed by atoms with Gasteiger partial charge in [0.1, 0.15) is 0 Å². The van der Waals surface area contributed by atoms with Gasteiger partial charge in [0.05, 0.1) is 11.4 Å². The number of hydrogen-bond acceptors (Lipinski definition) is 4. The molecule has 0 aliphatic carbocycles. The van der Waals surface area contributed by atoms with Gasteiger partial charge in [-0.1, -0.05) is 13.8 Å². The Morgan fingerprint density at radius 2 is 1.90 bits per heavy atom. The van der Waals surface area contributed by atoms with Crippen molar-refractivity contribution in [3.05, 3.63) is 24.2 Å². The van der Waals surface area contributed by atoms with Gasteiger partial charge >= 0.3 is 0 Å². The van der Waals surface area contributed by atoms with E-state index in [0.29, 0.717) is 11.8 Å². The third kappa shape index (κ3) is 2.91. The highest BCUT2D eigenvalue weighted by Gasteiger charge is 2.24. The number of nitrogens with zero attached hydrogens (tertiary/aromatic N) is 5. The Labute approximate surface area is 126 Å². The molecule has 0 radical (unpaired) electrons. The van der Waals surface area contributed by atoms with Crippen LogP contribution in [0.5, 0.6) is 0 Å². The second-order valence-electron chi connectivity index (χ2n) is 6.39. The van der Waals surface area contributed by atoms with Gasteiger partial charge in [-0.2, -0.15) is 5.10 Å². The summed E-state index contributed by atoms with van der Waals surface area (Å²) in [6, 6.07) is 1.96. The normalized spacial score (nSPS) is 22.6. The minimum absolute atomic E-state index is 0.695. The number of rotatable bonds is 2. The summed E-state index contributed by atoms with van der Waals surface area (Å²) in [6.45, 7) is 8.71. The molecule has 3 heterocycles. The molecule has 0 N–H and O–H groups in total. The summed E-state index contributed by atoms with van der Waals surface area (Å²) in [7, 11) is 1.94. The van der Waals surface area contributed by atoms with Crippen LogP contribution in [0.3, 0.4) is 0 Å². The van der Waals surface area contributed by atoms with Crippen LogP contribution < -0.4 is 4.90 Å². The summed E-state index contributed by atoms with van der Waals surface area (Å²) < 4.78 is 1.83. The van der Waals surface area contributed by atoms with Crippen LogP contribution in [0.1, 0.15) is 26.0 Å². The second-order valence-corrected chi connectivity index (χ2v) is 6.39. The fourth-order valence-electron chi connectivity index (χ4n) is 3.33. The predicted octanol–water partition coefficient (Wildman–Crippen LogP) is 2.67. The molecule has 5 heteroatoms. The van der Waals surface area contributed by atoms with Crippen LogP contribution in [0.15, 0.2) is 18.5 Å². The third-order valence-electron chi connectivity index (χ3n) is 4.08. The van der Waals surface area contributed by atoms with Gasteiger partial charge in [0.25, 0.3) is 0 Å². The van der Waals surface area contributed by atoms with Gasteiger partial charge in [0, 0.05) is 38.1 Å². The molecule has 3 rings (SSSR count). The zero-order valence-electron chi connectivity index (χ0n) is 13.2. The molecule has 2 aromatic rings. The molecule has 2 aromatic heterocycles. The largest absolute Gasteiger partial charge is 0.340 e. The molecule has 0 bridgehead atoms. The van der Waals surface area contributed by atoms with Crippen LogP contribution in [0, 0.1) is 18.8 Å². The van der Waals surface area contributed by atoms with E-state index in [9.17, 15) is 0 Å². The lowest BCUT2D eigenvalue weighted by atomic mass is 9.92. The van der Waals surface area contributed by atoms with Gasteiger partial charge in [-0.3, -0.25) is 4.68 Å². The van der Waals surface area contributed by atoms with Crippen molar-refractivity contribution in [3.8, 4) is 11.3 Å². The lowest BCUT2D eigenvalue weighted by molar-refractivity contribution is 0.353. The summed E-state index contributed by atoms with van der Waals surface area (Å²) in [5, 5.41) is 4.40. The fraction of sp³-hybridized carbons (Fsp3) is 0.562. The molecule has 2 atom stereocenters. The van der Waals surface area contributed by atoms with E-state index >= 15 is 0 Å². The van der Waals surface area contributed by atoms with Crippen LogP contribution in [-0.2, 0) is 7.05 Å². The maximum Gasteiger partial charge on any atom is 0.225 e. The molecule has 1 fully saturated rings. The number of piperidine rings is 1. The first-order valence-electron chi connectivity index (χ1n) is 7.61. The first-order chi connectivity index (χ1) is 10.0. The molecule has 21 heavy (non-hydrogen) atoms. The van der Waals surface area contributed by atoms with Crippen molar-refractivity contribution in [1.82, 2.24) is 19.7 Å². The maximum absolute atomic E-state index is 4.77. The van der Waals surface area contributed by atoms with Gasteiger partial charge in [-0.15, -0.1) is 0 Å². The van der Waals surface area contributed by atoms with Crippen LogP contribution >= 0.6 is 0 Å². The van der Waals surface area contributed by atoms with E-state index < -0.39 is 0 Å². The van der Waals surface area contributed by atoms with E-state index in [2.05, 4.69) is 28.8 Å². The van der Waals surface area contributed by atoms with E-state index in [4.69, 9.17) is 4.98 Å². The Kier molecular flexibility index (Phi) is 3.66. The van der Waals surface area contributed by atoms with Gasteiger partial charge < -0.3 is 4.90 Å². The number of hydrogen-bond donors (Lipinski definition) is 0. The summed E-state index contributed by atoms with van der Waals surface area (Å²) in [5.41, 5.74) is 3.04. The van der Waals surface area contributed by atoms with Crippen LogP contribution in [0.2, 0.25) is 0 Å². The lowest BCUT2D eigenvalue weighted by Crippen LogP contribution is -2.39. The molecule has 112 valence electrons. The standard InChI is InChI=1S/C16H23N5/c1-11-7-12(2)9-21(8-11)16-17-6-5-15(18-16)14-10-20(4)19-13(14)3/h5-6,10-12H,7-9H2,1-4H3. The van der Waals surface area contributed by atoms with E-state index in [1.54, 1.807) is 0 Å². The molecule has 0 saturated carbocycles. The van der Waals surface area contributed by atoms with Crippen LogP contribution in [0.4, 0.5) is 5.95 Å². The maximum atomic E-state index is 4.77. The quantitative estimate of drug-likeness (QED) is 0.851. The third-order valence-corrected chi connectivity index (χ3v) is 4.08. The summed E-state index contributed by atoms with van der Waals surface area (Å²) in [5.74, 6) is 2.23. The SMILES string of the molecule is Cc1nn(C)cc1-c1ccnc(N2CC(C)CC(C)C2)n1. The van der Waals surface area contributed by atoms with E-state index in [-0.39, 0.29) is 0 Å². The molecule has 1 aliphatic heterocycles. The van der Waals surface area contributed by atoms with Crippen molar-refractivity contribution in [3.63, 3.8) is 0 Å². The monoisotopic (exact) mass is 285 g/mol. The average molecular weight is 285 g/mol. The fourth-order valence-corrected chi connectivity index (χ4v) is 3.33. The smallest absolute Gasteiger partial charge is 0.225 e. The summed E-state index contributed by atoms with van der Waals surface area (Å²) in [4.78, 5) is 11.6. The number of anilines is 1. The van der Waals surface area contributed by atoms with Gasteiger partial charge in [-0.05, 0) is 31.2 Å². The Bertz CT molecular complexity index is 623. The molecule has 0 aromatic carbocycles. The topological polar surface area (TPSA) is 46.8 Å². The minimum atomic E-state index is 0.695. The highest BCUT2D eigenvalue weighted by molar-refractivity contribution is 5.61. The minimum Gasteiger partial charge on any atom is -0.340 e. The Balaban J connectivity index is 1.91. The first-order valence-corrected chi connectivity index (χ1v) is 7.61. The zero-order chi connectivity index (χ0) is 15.0. The molecule has 1 aliphatic rings. The Morgan fingerprint density at radius 1 is 1.19 bits per heavy atom. The van der Waals surface area contributed by atoms with Crippen LogP contribution in [-0.4, -0.2) is 32.8 Å². The summed E-state index contributed by atoms with van der Waals surface area (Å²) in [6.07, 6.45) is 5.16. The summed E-state index contributed by atoms with van der Waals surface area (Å²) >= 11 is 0. The molecular weight excluding hydrogens is 262 g/mol. The Morgan fingerprint density at radius 3 is 2.52 bits per heavy atom. The highest BCUT2D eigenvalue weighted by Crippen LogP contribution is 2.26. The molecule has 5 nitrogen and oxygen atoms in total. The van der Waals surface area contributed by atoms with Crippen LogP contribution in [0.25, 0.3) is 11.3 Å². The van der Waals surface area contributed by atoms with Crippen molar-refractivity contribution in [2.75, 3.05) is 18.0 Å². The average Bonchev–Trinajstić information content (AvgIpc) is 2.77. The lowest BCUT2D eigenvalue weighted by Gasteiger charge is -2.35. The Hall–Kier alpha value is -1.91. The van der Waals surface area contributed by atoms with Gasteiger partial charge in [0.2, 0.25) is 5.95 Å². The molecule has 0 amide bonds. The predicted molar refractivity (Wildman–Crippen MR) is 84.1 cm³/mol. The van der Waals surface area contributed by atoms with Crippen molar-refractivity contribution >= 4 is 5.95 Å². The first kappa shape index (κ1) is 14.0. The van der Waals surface area contributed by atoms with Crippen molar-refractivity contribution < 1.29 is 0 Å². The molecular formula is C16H23N5. The highest BCUT2D eigenvalue weighted by atomic mass is 15.3. The van der Waals surface area contributed by atoms with Crippen molar-refractivity contribution in [1.29, 1.82) is 0 Å². The van der Waals surface area contributed by atoms with Gasteiger partial charge in [-0.25, -0.2) is 9.97 Å². The molecule has 0 spiro atoms. The van der Waals surface area contributed by atoms with Crippen molar-refractivity contribution in [2.45, 2.75) is 27.2 Å². The van der Waals surface area contributed by atoms with Gasteiger partial charge in [0.15, 0.2) is 0 Å². The van der Waals surface area contributed by atoms with E-state index in [1.165, 1.54) is 6.42 Å². The van der Waals surface area contributed by atoms with E-state index in [1.807, 2.05) is 37.1 Å². The zero-order valence-corrected chi connectivity index (χ0v) is 13.2. The molecule has 2 unspecified atom stereocenters. The second kappa shape index (κ2) is 5.47.